The van der Waals surface area contributed by atoms with Gasteiger partial charge in [-0.05, 0) is 38.8 Å². The Balaban J connectivity index is 1.95. The van der Waals surface area contributed by atoms with Gasteiger partial charge in [0, 0.05) is 17.0 Å². The number of nitrogens with zero attached hydrogens (tertiary/aromatic N) is 1. The highest BCUT2D eigenvalue weighted by Crippen LogP contribution is 2.24. The molecular formula is C18H17NO5. The summed E-state index contributed by atoms with van der Waals surface area (Å²) >= 11 is 0. The molecule has 0 fully saturated rings. The van der Waals surface area contributed by atoms with E-state index in [4.69, 9.17) is 13.7 Å². The summed E-state index contributed by atoms with van der Waals surface area (Å²) in [6, 6.07) is 5.15. The lowest BCUT2D eigenvalue weighted by Crippen LogP contribution is -2.09. The second-order valence-corrected chi connectivity index (χ2v) is 5.75. The molecule has 24 heavy (non-hydrogen) atoms. The minimum Gasteiger partial charge on any atom is -0.457 e. The molecule has 3 aromatic rings. The quantitative estimate of drug-likeness (QED) is 0.542. The normalized spacial score (nSPS) is 11.0. The van der Waals surface area contributed by atoms with E-state index in [9.17, 15) is 9.59 Å². The number of hydrogen-bond acceptors (Lipinski definition) is 6. The molecule has 3 rings (SSSR count). The third-order valence-electron chi connectivity index (χ3n) is 4.11. The molecule has 0 amide bonds. The standard InChI is InChI=1S/C18H17NO5/c1-9-5-6-14-13(7-15(20)23-17(14)10(9)2)8-22-18(21)16-11(3)19-24-12(16)4/h5-7H,8H2,1-4H3. The lowest BCUT2D eigenvalue weighted by atomic mass is 10.0. The topological polar surface area (TPSA) is 82.5 Å². The van der Waals surface area contributed by atoms with Gasteiger partial charge in [-0.2, -0.15) is 0 Å². The Morgan fingerprint density at radius 3 is 2.62 bits per heavy atom. The molecule has 0 radical (unpaired) electrons. The summed E-state index contributed by atoms with van der Waals surface area (Å²) in [4.78, 5) is 24.1. The van der Waals surface area contributed by atoms with Crippen molar-refractivity contribution >= 4 is 16.9 Å². The molecule has 2 aromatic heterocycles. The second-order valence-electron chi connectivity index (χ2n) is 5.75. The molecule has 0 saturated carbocycles. The van der Waals surface area contributed by atoms with Crippen LogP contribution in [0.25, 0.3) is 11.0 Å². The predicted octanol–water partition coefficient (Wildman–Crippen LogP) is 3.37. The summed E-state index contributed by atoms with van der Waals surface area (Å²) in [5.74, 6) is -0.127. The van der Waals surface area contributed by atoms with Gasteiger partial charge in [-0.15, -0.1) is 0 Å². The Kier molecular flexibility index (Phi) is 3.97. The zero-order chi connectivity index (χ0) is 17.4. The number of benzene rings is 1. The van der Waals surface area contributed by atoms with Crippen LogP contribution in [0.4, 0.5) is 0 Å². The maximum Gasteiger partial charge on any atom is 0.344 e. The molecule has 6 nitrogen and oxygen atoms in total. The van der Waals surface area contributed by atoms with Gasteiger partial charge >= 0.3 is 11.6 Å². The van der Waals surface area contributed by atoms with Gasteiger partial charge in [-0.3, -0.25) is 0 Å². The highest BCUT2D eigenvalue weighted by atomic mass is 16.5. The van der Waals surface area contributed by atoms with Gasteiger partial charge in [0.1, 0.15) is 23.5 Å². The number of hydrogen-bond donors (Lipinski definition) is 0. The van der Waals surface area contributed by atoms with E-state index >= 15 is 0 Å². The fraction of sp³-hybridized carbons (Fsp3) is 0.278. The van der Waals surface area contributed by atoms with Crippen LogP contribution in [0.2, 0.25) is 0 Å². The first kappa shape index (κ1) is 16.0. The van der Waals surface area contributed by atoms with Crippen LogP contribution in [0.1, 0.15) is 38.5 Å². The largest absolute Gasteiger partial charge is 0.457 e. The van der Waals surface area contributed by atoms with Gasteiger partial charge in [-0.25, -0.2) is 9.59 Å². The van der Waals surface area contributed by atoms with Gasteiger partial charge in [0.05, 0.1) is 5.69 Å². The van der Waals surface area contributed by atoms with Gasteiger partial charge in [0.25, 0.3) is 0 Å². The van der Waals surface area contributed by atoms with Crippen LogP contribution in [-0.4, -0.2) is 11.1 Å². The molecule has 124 valence electrons. The minimum atomic E-state index is -0.531. The van der Waals surface area contributed by atoms with Crippen molar-refractivity contribution in [2.45, 2.75) is 34.3 Å². The Labute approximate surface area is 138 Å². The van der Waals surface area contributed by atoms with E-state index in [0.717, 1.165) is 16.5 Å². The molecule has 6 heteroatoms. The van der Waals surface area contributed by atoms with Gasteiger partial charge in [0.2, 0.25) is 0 Å². The van der Waals surface area contributed by atoms with E-state index in [0.29, 0.717) is 28.2 Å². The molecule has 0 bridgehead atoms. The van der Waals surface area contributed by atoms with Crippen molar-refractivity contribution in [1.29, 1.82) is 0 Å². The fourth-order valence-electron chi connectivity index (χ4n) is 2.63. The van der Waals surface area contributed by atoms with Crippen LogP contribution in [0.3, 0.4) is 0 Å². The van der Waals surface area contributed by atoms with E-state index in [1.807, 2.05) is 26.0 Å². The van der Waals surface area contributed by atoms with Crippen LogP contribution in [0.15, 0.2) is 31.9 Å². The van der Waals surface area contributed by atoms with E-state index in [2.05, 4.69) is 5.16 Å². The number of fused-ring (bicyclic) bond motifs is 1. The monoisotopic (exact) mass is 327 g/mol. The maximum absolute atomic E-state index is 12.2. The van der Waals surface area contributed by atoms with E-state index in [-0.39, 0.29) is 6.61 Å². The molecule has 0 unspecified atom stereocenters. The summed E-state index contributed by atoms with van der Waals surface area (Å²) in [5, 5.41) is 4.49. The number of ether oxygens (including phenoxy) is 1. The second kappa shape index (κ2) is 5.96. The first-order chi connectivity index (χ1) is 11.4. The minimum absolute atomic E-state index is 0.0342. The third kappa shape index (κ3) is 2.71. The number of carbonyl (C=O) groups is 1. The van der Waals surface area contributed by atoms with Crippen molar-refractivity contribution in [2.24, 2.45) is 0 Å². The van der Waals surface area contributed by atoms with Crippen LogP contribution in [0, 0.1) is 27.7 Å². The van der Waals surface area contributed by atoms with E-state index in [1.54, 1.807) is 13.8 Å². The Bertz CT molecular complexity index is 977. The molecule has 0 aliphatic heterocycles. The molecule has 0 aliphatic rings. The van der Waals surface area contributed by atoms with Crippen LogP contribution < -0.4 is 5.63 Å². The van der Waals surface area contributed by atoms with Crippen molar-refractivity contribution in [2.75, 3.05) is 0 Å². The molecule has 0 N–H and O–H groups in total. The van der Waals surface area contributed by atoms with E-state index < -0.39 is 11.6 Å². The number of carbonyl (C=O) groups excluding carboxylic acids is 1. The highest BCUT2D eigenvalue weighted by Gasteiger charge is 2.19. The summed E-state index contributed by atoms with van der Waals surface area (Å²) in [6.07, 6.45) is 0. The molecule has 0 aliphatic carbocycles. The van der Waals surface area contributed by atoms with E-state index in [1.165, 1.54) is 6.07 Å². The zero-order valence-electron chi connectivity index (χ0n) is 13.9. The lowest BCUT2D eigenvalue weighted by molar-refractivity contribution is 0.0471. The molecule has 0 spiro atoms. The van der Waals surface area contributed by atoms with Gasteiger partial charge < -0.3 is 13.7 Å². The summed E-state index contributed by atoms with van der Waals surface area (Å²) < 4.78 is 15.6. The predicted molar refractivity (Wildman–Crippen MR) is 87.1 cm³/mol. The Morgan fingerprint density at radius 2 is 1.96 bits per heavy atom. The molecule has 1 aromatic carbocycles. The number of aromatic nitrogens is 1. The smallest absolute Gasteiger partial charge is 0.344 e. The zero-order valence-corrected chi connectivity index (χ0v) is 13.9. The van der Waals surface area contributed by atoms with Crippen LogP contribution in [0.5, 0.6) is 0 Å². The molecule has 0 atom stereocenters. The maximum atomic E-state index is 12.2. The van der Waals surface area contributed by atoms with Crippen molar-refractivity contribution in [3.05, 3.63) is 62.3 Å². The first-order valence-corrected chi connectivity index (χ1v) is 7.51. The average molecular weight is 327 g/mol. The SMILES string of the molecule is Cc1ccc2c(COC(=O)c3c(C)noc3C)cc(=O)oc2c1C. The molecule has 2 heterocycles. The molecular weight excluding hydrogens is 310 g/mol. The summed E-state index contributed by atoms with van der Waals surface area (Å²) in [6.45, 7) is 7.12. The summed E-state index contributed by atoms with van der Waals surface area (Å²) in [7, 11) is 0. The summed E-state index contributed by atoms with van der Waals surface area (Å²) in [5.41, 5.74) is 3.35. The van der Waals surface area contributed by atoms with Crippen molar-refractivity contribution in [3.8, 4) is 0 Å². The van der Waals surface area contributed by atoms with Gasteiger partial charge in [0.15, 0.2) is 0 Å². The number of rotatable bonds is 3. The number of aryl methyl sites for hydroxylation is 4. The first-order valence-electron chi connectivity index (χ1n) is 7.51. The van der Waals surface area contributed by atoms with Crippen molar-refractivity contribution in [1.82, 2.24) is 5.16 Å². The molecule has 0 saturated heterocycles. The van der Waals surface area contributed by atoms with Crippen molar-refractivity contribution < 1.29 is 18.5 Å². The average Bonchev–Trinajstić information content (AvgIpc) is 2.87. The highest BCUT2D eigenvalue weighted by molar-refractivity contribution is 5.91. The van der Waals surface area contributed by atoms with Crippen LogP contribution >= 0.6 is 0 Å². The van der Waals surface area contributed by atoms with Crippen LogP contribution in [-0.2, 0) is 11.3 Å². The number of esters is 1. The Morgan fingerprint density at radius 1 is 1.21 bits per heavy atom. The third-order valence-corrected chi connectivity index (χ3v) is 4.11. The van der Waals surface area contributed by atoms with Gasteiger partial charge in [-0.1, -0.05) is 17.3 Å². The van der Waals surface area contributed by atoms with Crippen molar-refractivity contribution in [3.63, 3.8) is 0 Å². The lowest BCUT2D eigenvalue weighted by Gasteiger charge is -2.09. The fourth-order valence-corrected chi connectivity index (χ4v) is 2.63. The Hall–Kier alpha value is -2.89.